The fourth-order valence-corrected chi connectivity index (χ4v) is 3.11. The van der Waals surface area contributed by atoms with Crippen LogP contribution in [0, 0.1) is 6.92 Å². The average molecular weight is 391 g/mol. The van der Waals surface area contributed by atoms with E-state index >= 15 is 0 Å². The maximum atomic E-state index is 13.2. The summed E-state index contributed by atoms with van der Waals surface area (Å²) in [5.41, 5.74) is 0.487. The van der Waals surface area contributed by atoms with Crippen LogP contribution in [0.25, 0.3) is 16.7 Å². The van der Waals surface area contributed by atoms with E-state index in [2.05, 4.69) is 20.4 Å². The summed E-state index contributed by atoms with van der Waals surface area (Å²) in [7, 11) is 1.58. The van der Waals surface area contributed by atoms with Crippen molar-refractivity contribution >= 4 is 22.6 Å². The number of fused-ring (bicyclic) bond motifs is 2. The Morgan fingerprint density at radius 1 is 1.25 bits per heavy atom. The van der Waals surface area contributed by atoms with E-state index in [1.807, 2.05) is 13.0 Å². The highest BCUT2D eigenvalue weighted by molar-refractivity contribution is 5.83. The fraction of sp³-hybridized carbons (Fsp3) is 0.278. The fourth-order valence-electron chi connectivity index (χ4n) is 3.11. The number of hydrogen-bond donors (Lipinski definition) is 1. The second-order valence-corrected chi connectivity index (χ2v) is 6.32. The molecule has 0 spiro atoms. The van der Waals surface area contributed by atoms with E-state index in [0.29, 0.717) is 17.1 Å². The number of alkyl halides is 3. The van der Waals surface area contributed by atoms with Gasteiger partial charge in [0.15, 0.2) is 5.69 Å². The molecule has 3 aromatic heterocycles. The Bertz CT molecular complexity index is 1170. The van der Waals surface area contributed by atoms with Crippen LogP contribution >= 0.6 is 0 Å². The molecular weight excluding hydrogens is 375 g/mol. The largest absolute Gasteiger partial charge is 0.497 e. The lowest BCUT2D eigenvalue weighted by Gasteiger charge is -2.16. The van der Waals surface area contributed by atoms with Crippen molar-refractivity contribution in [2.45, 2.75) is 26.1 Å². The van der Waals surface area contributed by atoms with Crippen molar-refractivity contribution < 1.29 is 22.3 Å². The highest BCUT2D eigenvalue weighted by atomic mass is 19.4. The number of aryl methyl sites for hydroxylation is 1. The normalized spacial score (nSPS) is 13.2. The molecule has 146 valence electrons. The van der Waals surface area contributed by atoms with Crippen molar-refractivity contribution in [2.24, 2.45) is 0 Å². The van der Waals surface area contributed by atoms with Crippen LogP contribution in [0.3, 0.4) is 0 Å². The van der Waals surface area contributed by atoms with Crippen LogP contribution in [0.5, 0.6) is 5.75 Å². The summed E-state index contributed by atoms with van der Waals surface area (Å²) in [5, 5.41) is 7.84. The Balaban J connectivity index is 1.74. The molecule has 1 unspecified atom stereocenters. The molecule has 0 bridgehead atoms. The van der Waals surface area contributed by atoms with Crippen LogP contribution in [0.4, 0.5) is 19.0 Å². The summed E-state index contributed by atoms with van der Waals surface area (Å²) in [6.45, 7) is 3.68. The van der Waals surface area contributed by atoms with Crippen LogP contribution in [-0.4, -0.2) is 26.7 Å². The molecule has 0 saturated carbocycles. The van der Waals surface area contributed by atoms with Crippen LogP contribution in [0.15, 0.2) is 35.0 Å². The molecule has 7 nitrogen and oxygen atoms in total. The van der Waals surface area contributed by atoms with Crippen molar-refractivity contribution in [2.75, 3.05) is 12.4 Å². The van der Waals surface area contributed by atoms with Gasteiger partial charge in [-0.1, -0.05) is 0 Å². The van der Waals surface area contributed by atoms with Gasteiger partial charge in [0.25, 0.3) is 5.78 Å². The summed E-state index contributed by atoms with van der Waals surface area (Å²) in [6, 6.07) is 5.90. The molecule has 1 atom stereocenters. The minimum absolute atomic E-state index is 0.111. The highest BCUT2D eigenvalue weighted by Gasteiger charge is 2.34. The maximum absolute atomic E-state index is 13.2. The quantitative estimate of drug-likeness (QED) is 0.556. The third kappa shape index (κ3) is 3.00. The predicted octanol–water partition coefficient (Wildman–Crippen LogP) is 4.38. The third-order valence-corrected chi connectivity index (χ3v) is 4.48. The van der Waals surface area contributed by atoms with Crippen molar-refractivity contribution in [3.63, 3.8) is 0 Å². The van der Waals surface area contributed by atoms with Crippen molar-refractivity contribution in [1.29, 1.82) is 0 Å². The number of benzene rings is 1. The summed E-state index contributed by atoms with van der Waals surface area (Å²) < 4.78 is 51.9. The van der Waals surface area contributed by atoms with Crippen molar-refractivity contribution in [3.8, 4) is 5.75 Å². The van der Waals surface area contributed by atoms with Crippen molar-refractivity contribution in [1.82, 2.24) is 19.6 Å². The van der Waals surface area contributed by atoms with E-state index in [1.165, 1.54) is 4.52 Å². The summed E-state index contributed by atoms with van der Waals surface area (Å²) in [5.74, 6) is 1.26. The predicted molar refractivity (Wildman–Crippen MR) is 95.3 cm³/mol. The second-order valence-electron chi connectivity index (χ2n) is 6.32. The molecule has 3 heterocycles. The number of furan rings is 1. The number of methoxy groups -OCH3 is 1. The molecule has 0 radical (unpaired) electrons. The number of nitrogens with one attached hydrogen (secondary N) is 1. The van der Waals surface area contributed by atoms with Gasteiger partial charge in [-0.3, -0.25) is 0 Å². The molecule has 4 aromatic rings. The van der Waals surface area contributed by atoms with Gasteiger partial charge in [0, 0.05) is 17.0 Å². The molecule has 1 aromatic carbocycles. The highest BCUT2D eigenvalue weighted by Crippen LogP contribution is 2.34. The van der Waals surface area contributed by atoms with Crippen LogP contribution in [0.1, 0.15) is 30.0 Å². The molecule has 28 heavy (non-hydrogen) atoms. The summed E-state index contributed by atoms with van der Waals surface area (Å²) in [6.07, 6.45) is -3.45. The van der Waals surface area contributed by atoms with E-state index in [4.69, 9.17) is 9.15 Å². The molecule has 0 aliphatic rings. The molecule has 0 aliphatic heterocycles. The van der Waals surface area contributed by atoms with E-state index in [9.17, 15) is 13.2 Å². The molecule has 1 N–H and O–H groups in total. The van der Waals surface area contributed by atoms with Crippen LogP contribution < -0.4 is 10.1 Å². The molecule has 0 fully saturated rings. The number of nitrogens with zero attached hydrogens (tertiary/aromatic N) is 4. The first-order chi connectivity index (χ1) is 13.3. The Morgan fingerprint density at radius 3 is 2.75 bits per heavy atom. The third-order valence-electron chi connectivity index (χ3n) is 4.48. The molecule has 4 rings (SSSR count). The number of aromatic nitrogens is 4. The SMILES string of the molecule is COc1ccc2oc(C(C)Nc3cc(C(F)(F)F)nc4ncnn34)c(C)c2c1. The van der Waals surface area contributed by atoms with Gasteiger partial charge in [0.2, 0.25) is 0 Å². The van der Waals surface area contributed by atoms with Gasteiger partial charge in [-0.05, 0) is 32.0 Å². The topological polar surface area (TPSA) is 77.5 Å². The Hall–Kier alpha value is -3.30. The first-order valence-corrected chi connectivity index (χ1v) is 8.39. The monoisotopic (exact) mass is 391 g/mol. The lowest BCUT2D eigenvalue weighted by Crippen LogP contribution is -2.15. The number of rotatable bonds is 4. The van der Waals surface area contributed by atoms with Crippen LogP contribution in [0.2, 0.25) is 0 Å². The van der Waals surface area contributed by atoms with Crippen molar-refractivity contribution in [3.05, 3.63) is 47.6 Å². The number of halogens is 3. The molecule has 0 aliphatic carbocycles. The lowest BCUT2D eigenvalue weighted by molar-refractivity contribution is -0.141. The van der Waals surface area contributed by atoms with E-state index < -0.39 is 17.9 Å². The zero-order chi connectivity index (χ0) is 20.1. The number of ether oxygens (including phenoxy) is 1. The first-order valence-electron chi connectivity index (χ1n) is 8.39. The Morgan fingerprint density at radius 2 is 2.04 bits per heavy atom. The molecule has 10 heteroatoms. The Labute approximate surface area is 157 Å². The molecule has 0 saturated heterocycles. The number of hydrogen-bond acceptors (Lipinski definition) is 6. The first kappa shape index (κ1) is 18.1. The summed E-state index contributed by atoms with van der Waals surface area (Å²) >= 11 is 0. The van der Waals surface area contributed by atoms with Crippen LogP contribution in [-0.2, 0) is 6.18 Å². The molecule has 0 amide bonds. The maximum Gasteiger partial charge on any atom is 0.433 e. The summed E-state index contributed by atoms with van der Waals surface area (Å²) in [4.78, 5) is 7.27. The van der Waals surface area contributed by atoms with Gasteiger partial charge in [-0.25, -0.2) is 4.98 Å². The van der Waals surface area contributed by atoms with Gasteiger partial charge in [0.1, 0.15) is 29.2 Å². The van der Waals surface area contributed by atoms with E-state index in [0.717, 1.165) is 23.3 Å². The second kappa shape index (κ2) is 6.39. The molecular formula is C18H16F3N5O2. The van der Waals surface area contributed by atoms with E-state index in [1.54, 1.807) is 26.2 Å². The number of anilines is 1. The zero-order valence-electron chi connectivity index (χ0n) is 15.2. The zero-order valence-corrected chi connectivity index (χ0v) is 15.2. The minimum atomic E-state index is -4.60. The van der Waals surface area contributed by atoms with Gasteiger partial charge in [-0.2, -0.15) is 27.8 Å². The van der Waals surface area contributed by atoms with Gasteiger partial charge in [0.05, 0.1) is 13.2 Å². The average Bonchev–Trinajstić information content (AvgIpc) is 3.25. The lowest BCUT2D eigenvalue weighted by atomic mass is 10.1. The van der Waals surface area contributed by atoms with E-state index in [-0.39, 0.29) is 11.6 Å². The Kier molecular flexibility index (Phi) is 4.13. The smallest absolute Gasteiger partial charge is 0.433 e. The standard InChI is InChI=1S/C18H16F3N5O2/c1-9-12-6-11(27-3)4-5-13(12)28-16(9)10(2)24-15-7-14(18(19,20)21)25-17-22-8-23-26(15)17/h4-8,10,24H,1-3H3. The minimum Gasteiger partial charge on any atom is -0.497 e. The van der Waals surface area contributed by atoms with Gasteiger partial charge >= 0.3 is 6.18 Å². The van der Waals surface area contributed by atoms with Gasteiger partial charge in [-0.15, -0.1) is 0 Å². The van der Waals surface area contributed by atoms with Gasteiger partial charge < -0.3 is 14.5 Å².